The molecule has 0 saturated carbocycles. The van der Waals surface area contributed by atoms with Crippen molar-refractivity contribution >= 4 is 28.8 Å². The van der Waals surface area contributed by atoms with Crippen molar-refractivity contribution in [2.75, 3.05) is 5.73 Å². The summed E-state index contributed by atoms with van der Waals surface area (Å²) >= 11 is 7.34. The third kappa shape index (κ3) is 1.86. The van der Waals surface area contributed by atoms with Crippen molar-refractivity contribution in [3.8, 4) is 10.6 Å². The Labute approximate surface area is 90.6 Å². The van der Waals surface area contributed by atoms with Crippen LogP contribution in [0.15, 0.2) is 17.5 Å². The van der Waals surface area contributed by atoms with Gasteiger partial charge in [-0.1, -0.05) is 11.6 Å². The van der Waals surface area contributed by atoms with Crippen LogP contribution in [0, 0.1) is 6.92 Å². The van der Waals surface area contributed by atoms with Gasteiger partial charge >= 0.3 is 0 Å². The molecule has 0 saturated heterocycles. The van der Waals surface area contributed by atoms with Crippen LogP contribution in [0.4, 0.5) is 5.82 Å². The van der Waals surface area contributed by atoms with E-state index in [9.17, 15) is 0 Å². The van der Waals surface area contributed by atoms with E-state index in [1.165, 1.54) is 11.3 Å². The molecule has 2 aromatic rings. The molecule has 0 aliphatic carbocycles. The summed E-state index contributed by atoms with van der Waals surface area (Å²) in [6, 6.07) is 3.72. The summed E-state index contributed by atoms with van der Waals surface area (Å²) in [6.45, 7) is 1.90. The van der Waals surface area contributed by atoms with Crippen LogP contribution in [0.5, 0.6) is 0 Å². The van der Waals surface area contributed by atoms with Crippen LogP contribution < -0.4 is 5.73 Å². The van der Waals surface area contributed by atoms with Crippen LogP contribution in [0.1, 0.15) is 5.69 Å². The van der Waals surface area contributed by atoms with Gasteiger partial charge in [0.15, 0.2) is 0 Å². The first kappa shape index (κ1) is 9.43. The summed E-state index contributed by atoms with van der Waals surface area (Å²) in [4.78, 5) is 8.25. The molecule has 2 heterocycles. The second-order valence-corrected chi connectivity index (χ2v) is 4.14. The first-order valence-electron chi connectivity index (χ1n) is 4.01. The van der Waals surface area contributed by atoms with Crippen molar-refractivity contribution in [3.63, 3.8) is 0 Å². The Morgan fingerprint density at radius 1 is 1.36 bits per heavy atom. The van der Waals surface area contributed by atoms with E-state index < -0.39 is 0 Å². The van der Waals surface area contributed by atoms with Crippen molar-refractivity contribution in [2.24, 2.45) is 0 Å². The molecule has 0 bridgehead atoms. The summed E-state index contributed by atoms with van der Waals surface area (Å²) in [5, 5.41) is 3.16. The van der Waals surface area contributed by atoms with Crippen molar-refractivity contribution in [2.45, 2.75) is 6.92 Å². The van der Waals surface area contributed by atoms with E-state index in [2.05, 4.69) is 9.97 Å². The average Bonchev–Trinajstić information content (AvgIpc) is 2.50. The molecule has 3 nitrogen and oxygen atoms in total. The minimum atomic E-state index is 0.480. The maximum absolute atomic E-state index is 5.84. The standard InChI is InChI=1S/C9H8ClN3S/c1-5-2-6(3-7(10)12-5)9-13-8(11)4-14-9/h2-4H,11H2,1H3. The molecule has 2 aromatic heterocycles. The molecule has 0 unspecified atom stereocenters. The average molecular weight is 226 g/mol. The minimum Gasteiger partial charge on any atom is -0.383 e. The van der Waals surface area contributed by atoms with Gasteiger partial charge in [-0.05, 0) is 19.1 Å². The lowest BCUT2D eigenvalue weighted by molar-refractivity contribution is 1.20. The Morgan fingerprint density at radius 3 is 2.71 bits per heavy atom. The highest BCUT2D eigenvalue weighted by Crippen LogP contribution is 2.26. The van der Waals surface area contributed by atoms with Gasteiger partial charge in [-0.25, -0.2) is 9.97 Å². The zero-order chi connectivity index (χ0) is 10.1. The van der Waals surface area contributed by atoms with E-state index in [0.29, 0.717) is 11.0 Å². The number of aromatic nitrogens is 2. The molecule has 72 valence electrons. The fraction of sp³-hybridized carbons (Fsp3) is 0.111. The predicted molar refractivity (Wildman–Crippen MR) is 59.5 cm³/mol. The first-order valence-corrected chi connectivity index (χ1v) is 5.26. The number of hydrogen-bond donors (Lipinski definition) is 1. The number of aryl methyl sites for hydroxylation is 1. The van der Waals surface area contributed by atoms with E-state index in [4.69, 9.17) is 17.3 Å². The van der Waals surface area contributed by atoms with E-state index >= 15 is 0 Å². The number of nitrogen functional groups attached to an aromatic ring is 1. The monoisotopic (exact) mass is 225 g/mol. The molecule has 2 N–H and O–H groups in total. The number of halogens is 1. The lowest BCUT2D eigenvalue weighted by atomic mass is 10.2. The molecule has 14 heavy (non-hydrogen) atoms. The zero-order valence-electron chi connectivity index (χ0n) is 7.49. The molecule has 2 rings (SSSR count). The third-order valence-corrected chi connectivity index (χ3v) is 2.79. The summed E-state index contributed by atoms with van der Waals surface area (Å²) in [7, 11) is 0. The highest BCUT2D eigenvalue weighted by atomic mass is 35.5. The Morgan fingerprint density at radius 2 is 2.14 bits per heavy atom. The van der Waals surface area contributed by atoms with Gasteiger partial charge in [0.05, 0.1) is 0 Å². The molecule has 0 fully saturated rings. The Hall–Kier alpha value is -1.13. The third-order valence-electron chi connectivity index (χ3n) is 1.69. The highest BCUT2D eigenvalue weighted by molar-refractivity contribution is 7.13. The van der Waals surface area contributed by atoms with Gasteiger partial charge in [0.2, 0.25) is 0 Å². The maximum atomic E-state index is 5.84. The fourth-order valence-electron chi connectivity index (χ4n) is 1.17. The molecule has 0 aliphatic heterocycles. The van der Waals surface area contributed by atoms with Gasteiger partial charge in [0.25, 0.3) is 0 Å². The van der Waals surface area contributed by atoms with Crippen LogP contribution in [0.25, 0.3) is 10.6 Å². The summed E-state index contributed by atoms with van der Waals surface area (Å²) < 4.78 is 0. The van der Waals surface area contributed by atoms with Gasteiger partial charge in [0, 0.05) is 16.6 Å². The molecule has 0 aliphatic rings. The van der Waals surface area contributed by atoms with Gasteiger partial charge in [-0.3, -0.25) is 0 Å². The maximum Gasteiger partial charge on any atom is 0.135 e. The van der Waals surface area contributed by atoms with E-state index in [0.717, 1.165) is 16.3 Å². The van der Waals surface area contributed by atoms with E-state index in [1.807, 2.05) is 13.0 Å². The van der Waals surface area contributed by atoms with Crippen molar-refractivity contribution in [1.29, 1.82) is 0 Å². The largest absolute Gasteiger partial charge is 0.383 e. The second-order valence-electron chi connectivity index (χ2n) is 2.90. The molecule has 0 aromatic carbocycles. The van der Waals surface area contributed by atoms with Gasteiger partial charge in [-0.15, -0.1) is 11.3 Å². The van der Waals surface area contributed by atoms with Gasteiger partial charge in [0.1, 0.15) is 16.0 Å². The number of thiazole rings is 1. The lowest BCUT2D eigenvalue weighted by Gasteiger charge is -1.98. The number of nitrogens with two attached hydrogens (primary N) is 1. The van der Waals surface area contributed by atoms with E-state index in [-0.39, 0.29) is 0 Å². The second kappa shape index (κ2) is 3.55. The highest BCUT2D eigenvalue weighted by Gasteiger charge is 2.04. The Balaban J connectivity index is 2.51. The Kier molecular flexibility index (Phi) is 2.39. The fourth-order valence-corrected chi connectivity index (χ4v) is 2.12. The minimum absolute atomic E-state index is 0.480. The molecular weight excluding hydrogens is 218 g/mol. The smallest absolute Gasteiger partial charge is 0.135 e. The topological polar surface area (TPSA) is 51.8 Å². The molecule has 0 amide bonds. The molecule has 0 spiro atoms. The van der Waals surface area contributed by atoms with E-state index in [1.54, 1.807) is 11.4 Å². The number of anilines is 1. The Bertz CT molecular complexity index is 447. The summed E-state index contributed by atoms with van der Waals surface area (Å²) in [6.07, 6.45) is 0. The molecule has 0 atom stereocenters. The normalized spacial score (nSPS) is 10.4. The molecule has 5 heteroatoms. The summed E-state index contributed by atoms with van der Waals surface area (Å²) in [5.41, 5.74) is 7.38. The first-order chi connectivity index (χ1) is 6.65. The van der Waals surface area contributed by atoms with Crippen LogP contribution in [0.3, 0.4) is 0 Å². The zero-order valence-corrected chi connectivity index (χ0v) is 9.06. The van der Waals surface area contributed by atoms with Gasteiger partial charge in [-0.2, -0.15) is 0 Å². The predicted octanol–water partition coefficient (Wildman–Crippen LogP) is 2.75. The van der Waals surface area contributed by atoms with Crippen LogP contribution in [-0.2, 0) is 0 Å². The lowest BCUT2D eigenvalue weighted by Crippen LogP contribution is -1.86. The molecular formula is C9H8ClN3S. The SMILES string of the molecule is Cc1cc(-c2nc(N)cs2)cc(Cl)n1. The quantitative estimate of drug-likeness (QED) is 0.760. The molecule has 0 radical (unpaired) electrons. The van der Waals surface area contributed by atoms with Crippen LogP contribution in [-0.4, -0.2) is 9.97 Å². The number of hydrogen-bond acceptors (Lipinski definition) is 4. The summed E-state index contributed by atoms with van der Waals surface area (Å²) in [5.74, 6) is 0.538. The number of nitrogens with zero attached hydrogens (tertiary/aromatic N) is 2. The number of rotatable bonds is 1. The van der Waals surface area contributed by atoms with Crippen LogP contribution >= 0.6 is 22.9 Å². The van der Waals surface area contributed by atoms with Crippen molar-refractivity contribution in [1.82, 2.24) is 9.97 Å². The van der Waals surface area contributed by atoms with Crippen molar-refractivity contribution < 1.29 is 0 Å². The number of pyridine rings is 1. The van der Waals surface area contributed by atoms with Crippen LogP contribution in [0.2, 0.25) is 5.15 Å². The van der Waals surface area contributed by atoms with Gasteiger partial charge < -0.3 is 5.73 Å². The van der Waals surface area contributed by atoms with Crippen molar-refractivity contribution in [3.05, 3.63) is 28.4 Å².